The number of benzene rings is 2. The fraction of sp³-hybridized carbons (Fsp3) is 0.406. The van der Waals surface area contributed by atoms with Gasteiger partial charge >= 0.3 is 0 Å². The maximum atomic E-state index is 13.4. The number of fused-ring (bicyclic) bond motifs is 5. The quantitative estimate of drug-likeness (QED) is 0.500. The molecule has 1 N–H and O–H groups in total. The lowest BCUT2D eigenvalue weighted by molar-refractivity contribution is -0.125. The Morgan fingerprint density at radius 2 is 1.98 bits per heavy atom. The van der Waals surface area contributed by atoms with E-state index in [2.05, 4.69) is 35.1 Å². The van der Waals surface area contributed by atoms with Gasteiger partial charge in [-0.15, -0.1) is 0 Å². The van der Waals surface area contributed by atoms with Crippen LogP contribution >= 0.6 is 0 Å². The molecular formula is C32H38N4O5. The average Bonchev–Trinajstić information content (AvgIpc) is 2.96. The molecule has 3 aromatic rings. The molecule has 3 heterocycles. The Balaban J connectivity index is 1.40. The molecule has 0 unspecified atom stereocenters. The van der Waals surface area contributed by atoms with E-state index in [1.54, 1.807) is 31.4 Å². The number of carbonyl (C=O) groups is 2. The van der Waals surface area contributed by atoms with E-state index < -0.39 is 0 Å². The van der Waals surface area contributed by atoms with Crippen LogP contribution in [0.25, 0.3) is 0 Å². The largest absolute Gasteiger partial charge is 0.493 e. The molecule has 0 spiro atoms. The molecule has 216 valence electrons. The van der Waals surface area contributed by atoms with E-state index in [-0.39, 0.29) is 30.5 Å². The van der Waals surface area contributed by atoms with E-state index >= 15 is 0 Å². The molecule has 1 saturated heterocycles. The number of piperidine rings is 1. The van der Waals surface area contributed by atoms with Crippen molar-refractivity contribution in [1.29, 1.82) is 0 Å². The molecule has 0 saturated carbocycles. The monoisotopic (exact) mass is 558 g/mol. The van der Waals surface area contributed by atoms with Gasteiger partial charge in [0.1, 0.15) is 17.2 Å². The summed E-state index contributed by atoms with van der Waals surface area (Å²) in [5.74, 6) is 1.46. The summed E-state index contributed by atoms with van der Waals surface area (Å²) in [6, 6.07) is 16.7. The fourth-order valence-electron chi connectivity index (χ4n) is 5.11. The number of amides is 2. The molecule has 9 nitrogen and oxygen atoms in total. The van der Waals surface area contributed by atoms with Gasteiger partial charge in [-0.2, -0.15) is 0 Å². The van der Waals surface area contributed by atoms with Gasteiger partial charge < -0.3 is 24.4 Å². The molecule has 41 heavy (non-hydrogen) atoms. The second-order valence-corrected chi connectivity index (χ2v) is 11.2. The number of likely N-dealkylation sites (tertiary alicyclic amines) is 1. The maximum absolute atomic E-state index is 13.4. The summed E-state index contributed by atoms with van der Waals surface area (Å²) < 4.78 is 18.6. The normalized spacial score (nSPS) is 20.2. The lowest BCUT2D eigenvalue weighted by Gasteiger charge is -2.39. The summed E-state index contributed by atoms with van der Waals surface area (Å²) in [4.78, 5) is 34.5. The third kappa shape index (κ3) is 7.83. The first-order valence-electron chi connectivity index (χ1n) is 14.1. The zero-order valence-electron chi connectivity index (χ0n) is 23.9. The van der Waals surface area contributed by atoms with E-state index in [1.165, 1.54) is 4.90 Å². The number of nitrogens with one attached hydrogen (secondary N) is 1. The fourth-order valence-corrected chi connectivity index (χ4v) is 5.11. The third-order valence-electron chi connectivity index (χ3n) is 7.15. The molecule has 2 amide bonds. The zero-order chi connectivity index (χ0) is 28.8. The van der Waals surface area contributed by atoms with Crippen molar-refractivity contribution in [2.45, 2.75) is 45.6 Å². The van der Waals surface area contributed by atoms with Gasteiger partial charge in [0.15, 0.2) is 0 Å². The number of hydrogen-bond donors (Lipinski definition) is 1. The summed E-state index contributed by atoms with van der Waals surface area (Å²) >= 11 is 0. The highest BCUT2D eigenvalue weighted by molar-refractivity contribution is 5.97. The summed E-state index contributed by atoms with van der Waals surface area (Å²) in [5, 5.41) is 3.15. The average molecular weight is 559 g/mol. The Kier molecular flexibility index (Phi) is 9.16. The molecular weight excluding hydrogens is 520 g/mol. The van der Waals surface area contributed by atoms with Crippen LogP contribution in [-0.2, 0) is 22.7 Å². The van der Waals surface area contributed by atoms with E-state index in [9.17, 15) is 9.59 Å². The molecule has 1 fully saturated rings. The van der Waals surface area contributed by atoms with E-state index in [0.717, 1.165) is 30.6 Å². The summed E-state index contributed by atoms with van der Waals surface area (Å²) in [7, 11) is 1.63. The van der Waals surface area contributed by atoms with Gasteiger partial charge in [-0.05, 0) is 53.8 Å². The second-order valence-electron chi connectivity index (χ2n) is 11.2. The minimum atomic E-state index is -0.292. The number of nitrogens with zero attached hydrogens (tertiary/aromatic N) is 3. The van der Waals surface area contributed by atoms with Gasteiger partial charge in [0.25, 0.3) is 5.91 Å². The summed E-state index contributed by atoms with van der Waals surface area (Å²) in [6.45, 7) is 7.15. The number of hydrogen-bond acceptors (Lipinski definition) is 7. The van der Waals surface area contributed by atoms with Gasteiger partial charge in [-0.25, -0.2) is 0 Å². The van der Waals surface area contributed by atoms with Crippen LogP contribution in [0.2, 0.25) is 0 Å². The van der Waals surface area contributed by atoms with Gasteiger partial charge in [0, 0.05) is 50.7 Å². The topological polar surface area (TPSA) is 93.2 Å². The molecule has 9 heteroatoms. The Labute approximate surface area is 241 Å². The Bertz CT molecular complexity index is 1350. The van der Waals surface area contributed by atoms with Crippen molar-refractivity contribution in [3.8, 4) is 17.2 Å². The SMILES string of the molecule is CC(C)COc1cc2cc(c1)C(=O)N(C)CC(=O)N[C@H]1CCN(Cc3cccnc3)C[C@@H]1OCc1cccc(c1)O2. The minimum absolute atomic E-state index is 0.0756. The molecule has 4 bridgehead atoms. The smallest absolute Gasteiger partial charge is 0.254 e. The van der Waals surface area contributed by atoms with E-state index in [0.29, 0.717) is 48.5 Å². The summed E-state index contributed by atoms with van der Waals surface area (Å²) in [5.41, 5.74) is 2.48. The van der Waals surface area contributed by atoms with Gasteiger partial charge in [-0.3, -0.25) is 19.5 Å². The first-order valence-corrected chi connectivity index (χ1v) is 14.1. The molecule has 0 aliphatic carbocycles. The number of aromatic nitrogens is 1. The highest BCUT2D eigenvalue weighted by atomic mass is 16.5. The molecule has 2 aliphatic rings. The molecule has 0 radical (unpaired) electrons. The van der Waals surface area contributed by atoms with Crippen LogP contribution in [0.1, 0.15) is 41.8 Å². The molecule has 5 rings (SSSR count). The Morgan fingerprint density at radius 1 is 1.10 bits per heavy atom. The number of rotatable bonds is 5. The second kappa shape index (κ2) is 13.1. The minimum Gasteiger partial charge on any atom is -0.493 e. The van der Waals surface area contributed by atoms with Crippen LogP contribution < -0.4 is 14.8 Å². The Morgan fingerprint density at radius 3 is 2.78 bits per heavy atom. The first-order chi connectivity index (χ1) is 19.8. The highest BCUT2D eigenvalue weighted by Gasteiger charge is 2.32. The van der Waals surface area contributed by atoms with E-state index in [1.807, 2.05) is 36.5 Å². The highest BCUT2D eigenvalue weighted by Crippen LogP contribution is 2.29. The number of pyridine rings is 1. The van der Waals surface area contributed by atoms with Crippen LogP contribution in [0.4, 0.5) is 0 Å². The molecule has 2 aromatic carbocycles. The van der Waals surface area contributed by atoms with Crippen LogP contribution in [0.5, 0.6) is 17.2 Å². The molecule has 2 atom stereocenters. The van der Waals surface area contributed by atoms with Crippen molar-refractivity contribution in [3.05, 3.63) is 83.7 Å². The molecule has 1 aromatic heterocycles. The van der Waals surface area contributed by atoms with Crippen LogP contribution in [0.15, 0.2) is 67.0 Å². The van der Waals surface area contributed by atoms with Crippen molar-refractivity contribution in [1.82, 2.24) is 20.1 Å². The van der Waals surface area contributed by atoms with Crippen molar-refractivity contribution >= 4 is 11.8 Å². The first kappa shape index (κ1) is 28.6. The predicted octanol–water partition coefficient (Wildman–Crippen LogP) is 4.27. The van der Waals surface area contributed by atoms with E-state index in [4.69, 9.17) is 14.2 Å². The number of likely N-dealkylation sites (N-methyl/N-ethyl adjacent to an activating group) is 1. The Hall–Kier alpha value is -3.95. The van der Waals surface area contributed by atoms with Crippen LogP contribution in [-0.4, -0.2) is 72.0 Å². The standard InChI is InChI=1S/C32H38N4O5/c1-22(2)20-39-27-13-25-14-28(15-27)41-26-8-4-6-23(12-26)21-40-30-18-36(17-24-7-5-10-33-16-24)11-9-29(30)34-31(37)19-35(3)32(25)38/h4-8,10,12-16,22,29-30H,9,11,17-21H2,1-3H3,(H,34,37)/t29-,30-/m0/s1. The predicted molar refractivity (Wildman–Crippen MR) is 155 cm³/mol. The lowest BCUT2D eigenvalue weighted by Crippen LogP contribution is -2.56. The van der Waals surface area contributed by atoms with Crippen molar-refractivity contribution < 1.29 is 23.8 Å². The van der Waals surface area contributed by atoms with Gasteiger partial charge in [-0.1, -0.05) is 32.0 Å². The van der Waals surface area contributed by atoms with Crippen LogP contribution in [0, 0.1) is 5.92 Å². The summed E-state index contributed by atoms with van der Waals surface area (Å²) in [6.07, 6.45) is 4.15. The number of carbonyl (C=O) groups excluding carboxylic acids is 2. The van der Waals surface area contributed by atoms with Crippen molar-refractivity contribution in [2.24, 2.45) is 5.92 Å². The van der Waals surface area contributed by atoms with Crippen molar-refractivity contribution in [2.75, 3.05) is 33.3 Å². The van der Waals surface area contributed by atoms with Crippen molar-refractivity contribution in [3.63, 3.8) is 0 Å². The lowest BCUT2D eigenvalue weighted by atomic mass is 10.0. The third-order valence-corrected chi connectivity index (χ3v) is 7.15. The maximum Gasteiger partial charge on any atom is 0.254 e. The molecule has 2 aliphatic heterocycles. The number of ether oxygens (including phenoxy) is 3. The van der Waals surface area contributed by atoms with Gasteiger partial charge in [0.2, 0.25) is 5.91 Å². The van der Waals surface area contributed by atoms with Gasteiger partial charge in [0.05, 0.1) is 31.9 Å². The zero-order valence-corrected chi connectivity index (χ0v) is 23.9. The van der Waals surface area contributed by atoms with Crippen LogP contribution in [0.3, 0.4) is 0 Å².